The maximum Gasteiger partial charge on any atom is 0.249 e. The number of nitrogens with one attached hydrogen (secondary N) is 1. The Morgan fingerprint density at radius 3 is 2.41 bits per heavy atom. The van der Waals surface area contributed by atoms with Gasteiger partial charge in [-0.2, -0.15) is 0 Å². The number of hydrogen-bond acceptors (Lipinski definition) is 6. The molecule has 0 aliphatic heterocycles. The van der Waals surface area contributed by atoms with Crippen molar-refractivity contribution >= 4 is 34.3 Å². The van der Waals surface area contributed by atoms with E-state index in [1.165, 1.54) is 23.6 Å². The van der Waals surface area contributed by atoms with Gasteiger partial charge in [-0.3, -0.25) is 19.3 Å². The number of amides is 2. The first-order valence-corrected chi connectivity index (χ1v) is 13.1. The average molecular weight is 548 g/mol. The smallest absolute Gasteiger partial charge is 0.249 e. The number of carbonyl (C=O) groups is 3. The summed E-state index contributed by atoms with van der Waals surface area (Å²) in [5.41, 5.74) is 3.37. The third-order valence-electron chi connectivity index (χ3n) is 6.74. The van der Waals surface area contributed by atoms with Gasteiger partial charge in [0, 0.05) is 12.1 Å². The van der Waals surface area contributed by atoms with Gasteiger partial charge in [-0.15, -0.1) is 5.10 Å². The SMILES string of the molecule is COc1cccc(C(C(=O)NCc2ccccc2)N(C(=O)Cn2nnc3ccccc32)c2ccccc2C(C)=O)c1. The third-order valence-corrected chi connectivity index (χ3v) is 6.74. The highest BCUT2D eigenvalue weighted by Crippen LogP contribution is 2.33. The number of nitrogens with zero attached hydrogens (tertiary/aromatic N) is 4. The molecular formula is C32H29N5O4. The van der Waals surface area contributed by atoms with Crippen LogP contribution >= 0.6 is 0 Å². The first-order valence-electron chi connectivity index (χ1n) is 13.1. The lowest BCUT2D eigenvalue weighted by Crippen LogP contribution is -2.45. The topological polar surface area (TPSA) is 106 Å². The summed E-state index contributed by atoms with van der Waals surface area (Å²) in [6.45, 7) is 1.48. The van der Waals surface area contributed by atoms with Crippen LogP contribution in [0.3, 0.4) is 0 Å². The number of para-hydroxylation sites is 2. The predicted octanol–water partition coefficient (Wildman–Crippen LogP) is 4.73. The fourth-order valence-corrected chi connectivity index (χ4v) is 4.75. The van der Waals surface area contributed by atoms with Crippen molar-refractivity contribution in [1.29, 1.82) is 0 Å². The molecule has 1 unspecified atom stereocenters. The minimum atomic E-state index is -1.13. The molecule has 1 aromatic heterocycles. The Hall–Kier alpha value is -5.31. The number of rotatable bonds is 10. The van der Waals surface area contributed by atoms with Gasteiger partial charge in [0.05, 0.1) is 18.3 Å². The first-order chi connectivity index (χ1) is 20.0. The fourth-order valence-electron chi connectivity index (χ4n) is 4.75. The average Bonchev–Trinajstić information content (AvgIpc) is 3.41. The van der Waals surface area contributed by atoms with E-state index in [4.69, 9.17) is 4.74 Å². The summed E-state index contributed by atoms with van der Waals surface area (Å²) in [5.74, 6) is -0.578. The van der Waals surface area contributed by atoms with Gasteiger partial charge in [-0.25, -0.2) is 4.68 Å². The summed E-state index contributed by atoms with van der Waals surface area (Å²) < 4.78 is 6.94. The van der Waals surface area contributed by atoms with Crippen LogP contribution < -0.4 is 15.0 Å². The van der Waals surface area contributed by atoms with E-state index in [0.717, 1.165) is 5.56 Å². The Balaban J connectivity index is 1.62. The van der Waals surface area contributed by atoms with Crippen molar-refractivity contribution in [3.8, 4) is 5.75 Å². The number of aromatic nitrogens is 3. The number of methoxy groups -OCH3 is 1. The summed E-state index contributed by atoms with van der Waals surface area (Å²) in [6, 6.07) is 29.5. The molecule has 0 saturated heterocycles. The van der Waals surface area contributed by atoms with E-state index in [9.17, 15) is 14.4 Å². The molecule has 0 aliphatic carbocycles. The Morgan fingerprint density at radius 1 is 0.902 bits per heavy atom. The molecule has 0 spiro atoms. The van der Waals surface area contributed by atoms with Crippen LogP contribution in [0, 0.1) is 0 Å². The Morgan fingerprint density at radius 2 is 1.63 bits per heavy atom. The molecule has 1 N–H and O–H groups in total. The van der Waals surface area contributed by atoms with Crippen LogP contribution in [0.25, 0.3) is 11.0 Å². The van der Waals surface area contributed by atoms with Crippen molar-refractivity contribution < 1.29 is 19.1 Å². The van der Waals surface area contributed by atoms with Crippen molar-refractivity contribution in [2.45, 2.75) is 26.1 Å². The molecule has 4 aromatic carbocycles. The second-order valence-corrected chi connectivity index (χ2v) is 9.46. The van der Waals surface area contributed by atoms with E-state index in [0.29, 0.717) is 33.6 Å². The molecule has 1 heterocycles. The Labute approximate surface area is 237 Å². The number of Topliss-reactive ketones (excluding diaryl/α,β-unsaturated/α-hetero) is 1. The first kappa shape index (κ1) is 27.3. The lowest BCUT2D eigenvalue weighted by atomic mass is 10.00. The van der Waals surface area contributed by atoms with Crippen LogP contribution in [-0.4, -0.2) is 39.7 Å². The van der Waals surface area contributed by atoms with Crippen LogP contribution in [-0.2, 0) is 22.7 Å². The highest BCUT2D eigenvalue weighted by atomic mass is 16.5. The monoisotopic (exact) mass is 547 g/mol. The van der Waals surface area contributed by atoms with E-state index >= 15 is 0 Å². The molecule has 1 atom stereocenters. The van der Waals surface area contributed by atoms with Crippen LogP contribution in [0.15, 0.2) is 103 Å². The summed E-state index contributed by atoms with van der Waals surface area (Å²) in [4.78, 5) is 42.5. The number of benzene rings is 4. The van der Waals surface area contributed by atoms with Crippen LogP contribution in [0.1, 0.15) is 34.5 Å². The quantitative estimate of drug-likeness (QED) is 0.253. The van der Waals surface area contributed by atoms with E-state index in [2.05, 4.69) is 15.6 Å². The molecule has 0 aliphatic rings. The molecule has 0 bridgehead atoms. The molecule has 9 heteroatoms. The Kier molecular flexibility index (Phi) is 8.15. The number of carbonyl (C=O) groups excluding carboxylic acids is 3. The number of anilines is 1. The van der Waals surface area contributed by atoms with Crippen molar-refractivity contribution in [2.24, 2.45) is 0 Å². The van der Waals surface area contributed by atoms with Crippen molar-refractivity contribution in [3.05, 3.63) is 120 Å². The number of hydrogen-bond donors (Lipinski definition) is 1. The van der Waals surface area contributed by atoms with Gasteiger partial charge in [0.25, 0.3) is 0 Å². The maximum absolute atomic E-state index is 14.3. The second-order valence-electron chi connectivity index (χ2n) is 9.46. The largest absolute Gasteiger partial charge is 0.497 e. The molecule has 2 amide bonds. The summed E-state index contributed by atoms with van der Waals surface area (Å²) in [6.07, 6.45) is 0. The molecule has 0 saturated carbocycles. The predicted molar refractivity (Wildman–Crippen MR) is 155 cm³/mol. The summed E-state index contributed by atoms with van der Waals surface area (Å²) >= 11 is 0. The molecule has 9 nitrogen and oxygen atoms in total. The van der Waals surface area contributed by atoms with E-state index in [1.54, 1.807) is 48.5 Å². The molecule has 0 radical (unpaired) electrons. The lowest BCUT2D eigenvalue weighted by molar-refractivity contribution is -0.127. The van der Waals surface area contributed by atoms with Crippen molar-refractivity contribution in [1.82, 2.24) is 20.3 Å². The maximum atomic E-state index is 14.3. The minimum absolute atomic E-state index is 0.209. The van der Waals surface area contributed by atoms with Crippen molar-refractivity contribution in [2.75, 3.05) is 12.0 Å². The zero-order chi connectivity index (χ0) is 28.8. The molecule has 41 heavy (non-hydrogen) atoms. The summed E-state index contributed by atoms with van der Waals surface area (Å²) in [5, 5.41) is 11.3. The molecule has 5 aromatic rings. The third kappa shape index (κ3) is 5.99. The molecule has 5 rings (SSSR count). The lowest BCUT2D eigenvalue weighted by Gasteiger charge is -2.32. The fraction of sp³-hybridized carbons (Fsp3) is 0.156. The van der Waals surface area contributed by atoms with Crippen LogP contribution in [0.5, 0.6) is 5.75 Å². The molecular weight excluding hydrogens is 518 g/mol. The van der Waals surface area contributed by atoms with E-state index in [1.807, 2.05) is 54.6 Å². The zero-order valence-corrected chi connectivity index (χ0v) is 22.7. The van der Waals surface area contributed by atoms with Gasteiger partial charge >= 0.3 is 0 Å². The van der Waals surface area contributed by atoms with Gasteiger partial charge < -0.3 is 10.1 Å². The highest BCUT2D eigenvalue weighted by Gasteiger charge is 2.35. The minimum Gasteiger partial charge on any atom is -0.497 e. The highest BCUT2D eigenvalue weighted by molar-refractivity contribution is 6.08. The standard InChI is InChI=1S/C32H29N5O4/c1-22(38)26-15-6-8-17-28(26)37(30(39)21-36-29-18-9-7-16-27(29)34-35-36)31(24-13-10-14-25(19-24)41-2)32(40)33-20-23-11-4-3-5-12-23/h3-19,31H,20-21H2,1-2H3,(H,33,40). The van der Waals surface area contributed by atoms with Gasteiger partial charge in [-0.1, -0.05) is 71.9 Å². The van der Waals surface area contributed by atoms with Gasteiger partial charge in [-0.05, 0) is 54.4 Å². The molecule has 0 fully saturated rings. The number of ether oxygens (including phenoxy) is 1. The number of fused-ring (bicyclic) bond motifs is 1. The Bertz CT molecular complexity index is 1700. The van der Waals surface area contributed by atoms with Gasteiger partial charge in [0.2, 0.25) is 11.8 Å². The normalized spacial score (nSPS) is 11.6. The van der Waals surface area contributed by atoms with E-state index in [-0.39, 0.29) is 18.9 Å². The number of ketones is 1. The van der Waals surface area contributed by atoms with Gasteiger partial charge in [0.1, 0.15) is 23.9 Å². The van der Waals surface area contributed by atoms with E-state index < -0.39 is 17.9 Å². The zero-order valence-electron chi connectivity index (χ0n) is 22.7. The van der Waals surface area contributed by atoms with Crippen LogP contribution in [0.2, 0.25) is 0 Å². The second kappa shape index (κ2) is 12.3. The van der Waals surface area contributed by atoms with Gasteiger partial charge in [0.15, 0.2) is 5.78 Å². The summed E-state index contributed by atoms with van der Waals surface area (Å²) in [7, 11) is 1.54. The molecule has 206 valence electrons. The van der Waals surface area contributed by atoms with Crippen LogP contribution in [0.4, 0.5) is 5.69 Å². The van der Waals surface area contributed by atoms with Crippen molar-refractivity contribution in [3.63, 3.8) is 0 Å².